The SMILES string of the molecule is C[C](C)=[Ti+].Oc1cccc(-c2ccccc2)c1.[Cl-].[Cl-].[c-]1cccc2c1Cc1ccccc1-2. The summed E-state index contributed by atoms with van der Waals surface area (Å²) in [5.74, 6) is 0.307. The summed E-state index contributed by atoms with van der Waals surface area (Å²) in [7, 11) is 0. The van der Waals surface area contributed by atoms with Crippen molar-refractivity contribution in [1.82, 2.24) is 0 Å². The molecule has 0 aliphatic heterocycles. The van der Waals surface area contributed by atoms with Crippen LogP contribution in [0.5, 0.6) is 5.75 Å². The van der Waals surface area contributed by atoms with E-state index in [9.17, 15) is 5.11 Å². The van der Waals surface area contributed by atoms with Crippen LogP contribution in [0.3, 0.4) is 0 Å². The molecule has 0 saturated heterocycles. The maximum absolute atomic E-state index is 9.27. The second-order valence-corrected chi connectivity index (χ2v) is 8.87. The molecule has 4 aromatic carbocycles. The van der Waals surface area contributed by atoms with Gasteiger partial charge in [0.1, 0.15) is 5.75 Å². The Hall–Kier alpha value is -2.16. The van der Waals surface area contributed by atoms with Gasteiger partial charge in [0.2, 0.25) is 0 Å². The molecule has 0 atom stereocenters. The van der Waals surface area contributed by atoms with E-state index in [-0.39, 0.29) is 24.8 Å². The fourth-order valence-electron chi connectivity index (χ4n) is 3.31. The van der Waals surface area contributed by atoms with Gasteiger partial charge in [-0.2, -0.15) is 29.8 Å². The predicted octanol–water partition coefficient (Wildman–Crippen LogP) is 0.871. The normalized spacial score (nSPS) is 9.88. The first-order chi connectivity index (χ1) is 14.5. The van der Waals surface area contributed by atoms with Gasteiger partial charge in [0.15, 0.2) is 0 Å². The van der Waals surface area contributed by atoms with Crippen molar-refractivity contribution in [2.75, 3.05) is 0 Å². The Morgan fingerprint density at radius 1 is 0.750 bits per heavy atom. The molecule has 0 saturated carbocycles. The molecule has 0 fully saturated rings. The summed E-state index contributed by atoms with van der Waals surface area (Å²) in [6.07, 6.45) is 1.05. The Bertz CT molecular complexity index is 1080. The van der Waals surface area contributed by atoms with Crippen LogP contribution in [-0.2, 0) is 26.4 Å². The summed E-state index contributed by atoms with van der Waals surface area (Å²) >= 11 is 2.08. The van der Waals surface area contributed by atoms with Gasteiger partial charge < -0.3 is 29.9 Å². The zero-order chi connectivity index (χ0) is 21.3. The van der Waals surface area contributed by atoms with Crippen LogP contribution in [0.25, 0.3) is 22.3 Å². The Balaban J connectivity index is 0.000000261. The number of phenols is 1. The zero-order valence-corrected chi connectivity index (χ0v) is 21.2. The number of halogens is 2. The molecule has 1 aliphatic rings. The maximum atomic E-state index is 9.27. The quantitative estimate of drug-likeness (QED) is 0.270. The van der Waals surface area contributed by atoms with E-state index in [2.05, 4.69) is 76.3 Å². The van der Waals surface area contributed by atoms with Crippen molar-refractivity contribution in [1.29, 1.82) is 0 Å². The molecule has 1 aliphatic carbocycles. The van der Waals surface area contributed by atoms with Crippen molar-refractivity contribution in [2.45, 2.75) is 20.3 Å². The van der Waals surface area contributed by atoms with Crippen LogP contribution in [0.15, 0.2) is 97.1 Å². The molecule has 0 aromatic heterocycles. The van der Waals surface area contributed by atoms with Gasteiger partial charge in [0, 0.05) is 0 Å². The van der Waals surface area contributed by atoms with E-state index in [1.54, 1.807) is 12.1 Å². The Kier molecular flexibility index (Phi) is 12.3. The monoisotopic (exact) mass is 495 g/mol. The largest absolute Gasteiger partial charge is 1.00 e. The van der Waals surface area contributed by atoms with Crippen LogP contribution in [-0.4, -0.2) is 8.92 Å². The molecular formula is C28H25Cl2OTi-2. The van der Waals surface area contributed by atoms with E-state index in [0.717, 1.165) is 17.5 Å². The molecule has 4 aromatic rings. The van der Waals surface area contributed by atoms with Gasteiger partial charge in [0.25, 0.3) is 0 Å². The number of aromatic hydroxyl groups is 1. The van der Waals surface area contributed by atoms with E-state index in [4.69, 9.17) is 0 Å². The number of fused-ring (bicyclic) bond motifs is 3. The Morgan fingerprint density at radius 2 is 1.34 bits per heavy atom. The van der Waals surface area contributed by atoms with Gasteiger partial charge in [-0.1, -0.05) is 77.9 Å². The van der Waals surface area contributed by atoms with Gasteiger partial charge in [-0.3, -0.25) is 0 Å². The molecule has 0 spiro atoms. The molecule has 0 amide bonds. The van der Waals surface area contributed by atoms with Crippen LogP contribution < -0.4 is 24.8 Å². The van der Waals surface area contributed by atoms with Gasteiger partial charge in [-0.25, -0.2) is 0 Å². The second-order valence-electron chi connectivity index (χ2n) is 7.31. The summed E-state index contributed by atoms with van der Waals surface area (Å²) in [5.41, 5.74) is 7.68. The molecule has 5 rings (SSSR count). The molecular weight excluding hydrogens is 471 g/mol. The minimum absolute atomic E-state index is 0. The van der Waals surface area contributed by atoms with E-state index < -0.39 is 0 Å². The zero-order valence-electron chi connectivity index (χ0n) is 18.1. The Morgan fingerprint density at radius 3 is 2.03 bits per heavy atom. The number of hydrogen-bond acceptors (Lipinski definition) is 1. The van der Waals surface area contributed by atoms with Gasteiger partial charge >= 0.3 is 37.6 Å². The molecule has 4 heteroatoms. The van der Waals surface area contributed by atoms with Crippen molar-refractivity contribution in [3.63, 3.8) is 0 Å². The first-order valence-electron chi connectivity index (χ1n) is 9.98. The third-order valence-electron chi connectivity index (χ3n) is 4.57. The van der Waals surface area contributed by atoms with Crippen molar-refractivity contribution < 1.29 is 49.9 Å². The van der Waals surface area contributed by atoms with Crippen molar-refractivity contribution >= 4 is 3.81 Å². The van der Waals surface area contributed by atoms with Crippen LogP contribution in [0.4, 0.5) is 0 Å². The summed E-state index contributed by atoms with van der Waals surface area (Å²) in [5, 5.41) is 9.27. The predicted molar refractivity (Wildman–Crippen MR) is 123 cm³/mol. The molecule has 32 heavy (non-hydrogen) atoms. The van der Waals surface area contributed by atoms with Crippen molar-refractivity contribution in [3.8, 4) is 28.0 Å². The van der Waals surface area contributed by atoms with Gasteiger partial charge in [-0.15, -0.1) is 5.56 Å². The standard InChI is InChI=1S/C13H9.C12H10O.C3H6.2ClH.Ti/c1-3-7-12-10(5-1)9-11-6-2-4-8-13(11)12;13-12-8-4-7-11(9-12)10-5-2-1-3-6-10;1-3-2;;;/h1-5,7-8H,9H2;1-9,13H;1-2H3;2*1H;/q-1;;;;;+1/p-2. The summed E-state index contributed by atoms with van der Waals surface area (Å²) < 4.78 is 1.42. The topological polar surface area (TPSA) is 20.2 Å². The summed E-state index contributed by atoms with van der Waals surface area (Å²) in [6, 6.07) is 35.4. The van der Waals surface area contributed by atoms with Gasteiger partial charge in [-0.05, 0) is 29.7 Å². The second kappa shape index (κ2) is 14.1. The van der Waals surface area contributed by atoms with Crippen LogP contribution in [0.2, 0.25) is 0 Å². The maximum Gasteiger partial charge on any atom is 0.116 e. The molecule has 0 radical (unpaired) electrons. The third kappa shape index (κ3) is 8.08. The summed E-state index contributed by atoms with van der Waals surface area (Å²) in [6.45, 7) is 4.17. The summed E-state index contributed by atoms with van der Waals surface area (Å²) in [4.78, 5) is 0. The van der Waals surface area contributed by atoms with Crippen molar-refractivity contribution in [3.05, 3.63) is 114 Å². The van der Waals surface area contributed by atoms with E-state index in [1.807, 2.05) is 48.5 Å². The minimum Gasteiger partial charge on any atom is -1.00 e. The average Bonchev–Trinajstić information content (AvgIpc) is 3.13. The van der Waals surface area contributed by atoms with Crippen LogP contribution in [0.1, 0.15) is 25.0 Å². The third-order valence-corrected chi connectivity index (χ3v) is 4.57. The first-order valence-corrected chi connectivity index (χ1v) is 10.8. The van der Waals surface area contributed by atoms with E-state index in [1.165, 1.54) is 26.1 Å². The fourth-order valence-corrected chi connectivity index (χ4v) is 3.31. The minimum atomic E-state index is 0. The number of hydrogen-bond donors (Lipinski definition) is 1. The van der Waals surface area contributed by atoms with E-state index in [0.29, 0.717) is 5.75 Å². The van der Waals surface area contributed by atoms with Crippen LogP contribution in [0, 0.1) is 6.07 Å². The van der Waals surface area contributed by atoms with Crippen LogP contribution >= 0.6 is 0 Å². The average molecular weight is 496 g/mol. The molecule has 0 unspecified atom stereocenters. The van der Waals surface area contributed by atoms with Gasteiger partial charge in [0.05, 0.1) is 0 Å². The van der Waals surface area contributed by atoms with E-state index >= 15 is 0 Å². The fraction of sp³-hybridized carbons (Fsp3) is 0.107. The number of phenolic OH excluding ortho intramolecular Hbond substituents is 1. The Labute approximate surface area is 215 Å². The van der Waals surface area contributed by atoms with Crippen molar-refractivity contribution in [2.24, 2.45) is 0 Å². The molecule has 0 bridgehead atoms. The number of rotatable bonds is 1. The molecule has 1 nitrogen and oxygen atoms in total. The molecule has 163 valence electrons. The first kappa shape index (κ1) is 27.9. The smallest absolute Gasteiger partial charge is 0.116 e. The molecule has 1 N–H and O–H groups in total. The molecule has 0 heterocycles. The number of benzene rings is 4.